The van der Waals surface area contributed by atoms with E-state index in [-0.39, 0.29) is 5.82 Å². The van der Waals surface area contributed by atoms with Crippen LogP contribution < -0.4 is 10.1 Å². The van der Waals surface area contributed by atoms with Crippen LogP contribution in [0.25, 0.3) is 0 Å². The minimum absolute atomic E-state index is 0.303. The Kier molecular flexibility index (Phi) is 4.53. The maximum atomic E-state index is 13.9. The van der Waals surface area contributed by atoms with Crippen molar-refractivity contribution in [1.29, 1.82) is 0 Å². The molecule has 2 aromatic rings. The van der Waals surface area contributed by atoms with Gasteiger partial charge in [-0.1, -0.05) is 37.3 Å². The van der Waals surface area contributed by atoms with E-state index < -0.39 is 0 Å². The highest BCUT2D eigenvalue weighted by atomic mass is 19.1. The van der Waals surface area contributed by atoms with Gasteiger partial charge in [0.05, 0.1) is 0 Å². The third-order valence-corrected chi connectivity index (χ3v) is 2.92. The van der Waals surface area contributed by atoms with E-state index in [0.717, 1.165) is 17.7 Å². The van der Waals surface area contributed by atoms with Crippen molar-refractivity contribution >= 4 is 0 Å². The smallest absolute Gasteiger partial charge is 0.167 e. The van der Waals surface area contributed by atoms with Gasteiger partial charge in [0, 0.05) is 12.1 Å². The molecule has 0 aromatic heterocycles. The van der Waals surface area contributed by atoms with Crippen LogP contribution in [0.2, 0.25) is 0 Å². The molecule has 100 valence electrons. The molecule has 0 bridgehead atoms. The maximum Gasteiger partial charge on any atom is 0.167 e. The van der Waals surface area contributed by atoms with Gasteiger partial charge in [0.15, 0.2) is 11.6 Å². The van der Waals surface area contributed by atoms with Gasteiger partial charge in [0.25, 0.3) is 0 Å². The summed E-state index contributed by atoms with van der Waals surface area (Å²) >= 11 is 0. The molecule has 2 nitrogen and oxygen atoms in total. The summed E-state index contributed by atoms with van der Waals surface area (Å²) in [5.74, 6) is 0.654. The number of halogens is 1. The minimum Gasteiger partial charge on any atom is -0.454 e. The molecule has 0 spiro atoms. The Bertz CT molecular complexity index is 554. The first-order chi connectivity index (χ1) is 9.22. The molecule has 2 rings (SSSR count). The van der Waals surface area contributed by atoms with Gasteiger partial charge in [-0.2, -0.15) is 0 Å². The first-order valence-electron chi connectivity index (χ1n) is 6.44. The lowest BCUT2D eigenvalue weighted by Crippen LogP contribution is -2.12. The predicted molar refractivity (Wildman–Crippen MR) is 75.0 cm³/mol. The topological polar surface area (TPSA) is 21.3 Å². The van der Waals surface area contributed by atoms with E-state index in [2.05, 4.69) is 5.32 Å². The molecular formula is C16H18FNO. The monoisotopic (exact) mass is 259 g/mol. The molecule has 2 aromatic carbocycles. The lowest BCUT2D eigenvalue weighted by atomic mass is 10.1. The molecule has 0 fully saturated rings. The molecule has 0 saturated carbocycles. The normalized spacial score (nSPS) is 10.5. The molecule has 0 radical (unpaired) electrons. The second-order valence-electron chi connectivity index (χ2n) is 4.38. The number of ether oxygens (including phenoxy) is 1. The van der Waals surface area contributed by atoms with Crippen molar-refractivity contribution in [2.24, 2.45) is 0 Å². The first-order valence-corrected chi connectivity index (χ1v) is 6.44. The van der Waals surface area contributed by atoms with Crippen molar-refractivity contribution in [2.45, 2.75) is 20.4 Å². The summed E-state index contributed by atoms with van der Waals surface area (Å²) in [7, 11) is 0. The summed E-state index contributed by atoms with van der Waals surface area (Å²) in [6, 6.07) is 12.6. The zero-order valence-electron chi connectivity index (χ0n) is 11.2. The third kappa shape index (κ3) is 3.32. The highest BCUT2D eigenvalue weighted by Crippen LogP contribution is 2.30. The van der Waals surface area contributed by atoms with Crippen LogP contribution in [0.1, 0.15) is 18.1 Å². The summed E-state index contributed by atoms with van der Waals surface area (Å²) in [5, 5.41) is 3.19. The van der Waals surface area contributed by atoms with Crippen molar-refractivity contribution in [3.63, 3.8) is 0 Å². The molecule has 3 heteroatoms. The molecule has 1 N–H and O–H groups in total. The van der Waals surface area contributed by atoms with Gasteiger partial charge in [-0.05, 0) is 31.2 Å². The number of nitrogens with one attached hydrogen (secondary N) is 1. The molecule has 19 heavy (non-hydrogen) atoms. The highest BCUT2D eigenvalue weighted by molar-refractivity contribution is 5.41. The maximum absolute atomic E-state index is 13.9. The van der Waals surface area contributed by atoms with Crippen molar-refractivity contribution in [2.75, 3.05) is 6.54 Å². The second-order valence-corrected chi connectivity index (χ2v) is 4.38. The van der Waals surface area contributed by atoms with Gasteiger partial charge in [-0.15, -0.1) is 0 Å². The van der Waals surface area contributed by atoms with E-state index in [4.69, 9.17) is 4.74 Å². The lowest BCUT2D eigenvalue weighted by Gasteiger charge is -2.13. The zero-order valence-corrected chi connectivity index (χ0v) is 11.2. The Hall–Kier alpha value is -1.87. The summed E-state index contributed by atoms with van der Waals surface area (Å²) in [4.78, 5) is 0. The van der Waals surface area contributed by atoms with E-state index in [1.54, 1.807) is 6.07 Å². The van der Waals surface area contributed by atoms with Gasteiger partial charge in [0.2, 0.25) is 0 Å². The molecule has 0 saturated heterocycles. The van der Waals surface area contributed by atoms with E-state index in [1.165, 1.54) is 6.07 Å². The molecule has 0 heterocycles. The molecule has 0 amide bonds. The lowest BCUT2D eigenvalue weighted by molar-refractivity contribution is 0.431. The van der Waals surface area contributed by atoms with Crippen LogP contribution in [0.5, 0.6) is 11.5 Å². The van der Waals surface area contributed by atoms with Crippen molar-refractivity contribution in [3.8, 4) is 11.5 Å². The Labute approximate surface area is 113 Å². The minimum atomic E-state index is -0.335. The number of benzene rings is 2. The average molecular weight is 259 g/mol. The van der Waals surface area contributed by atoms with Crippen molar-refractivity contribution < 1.29 is 9.13 Å². The Morgan fingerprint density at radius 1 is 1.11 bits per heavy atom. The summed E-state index contributed by atoms with van der Waals surface area (Å²) in [6.45, 7) is 5.39. The number of hydrogen-bond donors (Lipinski definition) is 1. The van der Waals surface area contributed by atoms with Crippen LogP contribution in [-0.2, 0) is 6.54 Å². The third-order valence-electron chi connectivity index (χ3n) is 2.92. The van der Waals surface area contributed by atoms with Crippen LogP contribution in [0.4, 0.5) is 4.39 Å². The molecule has 0 aliphatic heterocycles. The fourth-order valence-corrected chi connectivity index (χ4v) is 1.85. The number of aryl methyl sites for hydroxylation is 1. The number of para-hydroxylation sites is 2. The Balaban J connectivity index is 2.31. The SMILES string of the molecule is CCNCc1cccc(F)c1Oc1ccccc1C. The van der Waals surface area contributed by atoms with E-state index in [0.29, 0.717) is 18.0 Å². The van der Waals surface area contributed by atoms with Crippen molar-refractivity contribution in [3.05, 3.63) is 59.4 Å². The van der Waals surface area contributed by atoms with E-state index in [1.807, 2.05) is 44.2 Å². The largest absolute Gasteiger partial charge is 0.454 e. The van der Waals surface area contributed by atoms with Crippen LogP contribution in [-0.4, -0.2) is 6.54 Å². The van der Waals surface area contributed by atoms with Gasteiger partial charge < -0.3 is 10.1 Å². The number of hydrogen-bond acceptors (Lipinski definition) is 2. The standard InChI is InChI=1S/C16H18FNO/c1-3-18-11-13-8-6-9-14(17)16(13)19-15-10-5-4-7-12(15)2/h4-10,18H,3,11H2,1-2H3. The van der Waals surface area contributed by atoms with Gasteiger partial charge in [-0.25, -0.2) is 4.39 Å². The average Bonchev–Trinajstić information content (AvgIpc) is 2.41. The Morgan fingerprint density at radius 3 is 2.63 bits per heavy atom. The van der Waals surface area contributed by atoms with Crippen LogP contribution in [0.3, 0.4) is 0 Å². The quantitative estimate of drug-likeness (QED) is 0.875. The predicted octanol–water partition coefficient (Wildman–Crippen LogP) is 4.04. The molecule has 0 unspecified atom stereocenters. The van der Waals surface area contributed by atoms with Crippen LogP contribution >= 0.6 is 0 Å². The summed E-state index contributed by atoms with van der Waals surface area (Å²) in [5.41, 5.74) is 1.81. The Morgan fingerprint density at radius 2 is 1.89 bits per heavy atom. The van der Waals surface area contributed by atoms with Crippen LogP contribution in [0, 0.1) is 12.7 Å². The van der Waals surface area contributed by atoms with E-state index >= 15 is 0 Å². The zero-order chi connectivity index (χ0) is 13.7. The molecular weight excluding hydrogens is 241 g/mol. The molecule has 0 aliphatic rings. The second kappa shape index (κ2) is 6.34. The molecule has 0 atom stereocenters. The number of rotatable bonds is 5. The highest BCUT2D eigenvalue weighted by Gasteiger charge is 2.11. The summed E-state index contributed by atoms with van der Waals surface area (Å²) < 4.78 is 19.7. The summed E-state index contributed by atoms with van der Waals surface area (Å²) in [6.07, 6.45) is 0. The molecule has 0 aliphatic carbocycles. The van der Waals surface area contributed by atoms with Gasteiger partial charge in [-0.3, -0.25) is 0 Å². The van der Waals surface area contributed by atoms with Crippen molar-refractivity contribution in [1.82, 2.24) is 5.32 Å². The van der Waals surface area contributed by atoms with Gasteiger partial charge in [0.1, 0.15) is 5.75 Å². The fraction of sp³-hybridized carbons (Fsp3) is 0.250. The first kappa shape index (κ1) is 13.6. The van der Waals surface area contributed by atoms with E-state index in [9.17, 15) is 4.39 Å². The fourth-order valence-electron chi connectivity index (χ4n) is 1.85. The van der Waals surface area contributed by atoms with Crippen LogP contribution in [0.15, 0.2) is 42.5 Å². The van der Waals surface area contributed by atoms with Gasteiger partial charge >= 0.3 is 0 Å².